The second kappa shape index (κ2) is 10.9. The van der Waals surface area contributed by atoms with Crippen LogP contribution in [0.15, 0.2) is 41.6 Å². The molecule has 1 aromatic heterocycles. The lowest BCUT2D eigenvalue weighted by atomic mass is 9.96. The lowest BCUT2D eigenvalue weighted by Crippen LogP contribution is -2.40. The molecule has 1 aliphatic rings. The summed E-state index contributed by atoms with van der Waals surface area (Å²) in [5, 5.41) is 0. The van der Waals surface area contributed by atoms with Crippen molar-refractivity contribution in [2.45, 2.75) is 37.1 Å². The summed E-state index contributed by atoms with van der Waals surface area (Å²) in [4.78, 5) is 18.9. The number of piperidine rings is 1. The summed E-state index contributed by atoms with van der Waals surface area (Å²) in [6.45, 7) is 4.52. The molecule has 0 atom stereocenters. The molecule has 1 fully saturated rings. The zero-order chi connectivity index (χ0) is 22.3. The molecule has 0 unspecified atom stereocenters. The van der Waals surface area contributed by atoms with Gasteiger partial charge in [0.25, 0.3) is 0 Å². The fraction of sp³-hybridized carbons (Fsp3) is 0.545. The molecule has 8 nitrogen and oxygen atoms in total. The van der Waals surface area contributed by atoms with Crippen molar-refractivity contribution in [1.29, 1.82) is 0 Å². The Kier molecular flexibility index (Phi) is 8.22. The molecule has 0 N–H and O–H groups in total. The highest BCUT2D eigenvalue weighted by atomic mass is 32.2. The van der Waals surface area contributed by atoms with E-state index in [1.807, 2.05) is 34.7 Å². The van der Waals surface area contributed by atoms with Gasteiger partial charge in [-0.05, 0) is 31.9 Å². The van der Waals surface area contributed by atoms with E-state index < -0.39 is 9.84 Å². The first kappa shape index (κ1) is 23.4. The SMILES string of the molecule is COCCOCC(=O)N1CCC(c2nccn2CCS(=O)(=O)c2ccc(C)cc2)CC1. The second-order valence-corrected chi connectivity index (χ2v) is 9.92. The van der Waals surface area contributed by atoms with Gasteiger partial charge in [0, 0.05) is 45.1 Å². The van der Waals surface area contributed by atoms with Gasteiger partial charge in [-0.1, -0.05) is 17.7 Å². The summed E-state index contributed by atoms with van der Waals surface area (Å²) in [6, 6.07) is 6.94. The monoisotopic (exact) mass is 449 g/mol. The van der Waals surface area contributed by atoms with Crippen LogP contribution in [0.2, 0.25) is 0 Å². The van der Waals surface area contributed by atoms with E-state index in [1.165, 1.54) is 0 Å². The number of sulfone groups is 1. The first-order valence-electron chi connectivity index (χ1n) is 10.6. The van der Waals surface area contributed by atoms with Crippen molar-refractivity contribution in [1.82, 2.24) is 14.5 Å². The fourth-order valence-corrected chi connectivity index (χ4v) is 4.96. The van der Waals surface area contributed by atoms with E-state index in [4.69, 9.17) is 9.47 Å². The fourth-order valence-electron chi connectivity index (χ4n) is 3.73. The molecular weight excluding hydrogens is 418 g/mol. The van der Waals surface area contributed by atoms with Crippen LogP contribution in [0.1, 0.15) is 30.1 Å². The van der Waals surface area contributed by atoms with E-state index in [0.29, 0.717) is 37.7 Å². The van der Waals surface area contributed by atoms with Crippen LogP contribution in [0.25, 0.3) is 0 Å². The minimum absolute atomic E-state index is 0.0120. The summed E-state index contributed by atoms with van der Waals surface area (Å²) in [6.07, 6.45) is 5.15. The maximum absolute atomic E-state index is 12.7. The molecule has 1 amide bonds. The standard InChI is InChI=1S/C22H31N3O5S/c1-18-3-5-20(6-4-18)31(27,28)16-13-25-12-9-23-22(25)19-7-10-24(11-8-19)21(26)17-30-15-14-29-2/h3-6,9,12,19H,7-8,10-11,13-17H2,1-2H3. The number of nitrogens with zero attached hydrogens (tertiary/aromatic N) is 3. The molecule has 2 heterocycles. The number of aryl methyl sites for hydroxylation is 2. The van der Waals surface area contributed by atoms with Crippen molar-refractivity contribution in [3.63, 3.8) is 0 Å². The summed E-state index contributed by atoms with van der Waals surface area (Å²) in [5.41, 5.74) is 1.03. The first-order valence-corrected chi connectivity index (χ1v) is 12.2. The van der Waals surface area contributed by atoms with Crippen molar-refractivity contribution in [2.24, 2.45) is 0 Å². The van der Waals surface area contributed by atoms with Gasteiger partial charge in [-0.2, -0.15) is 0 Å². The number of methoxy groups -OCH3 is 1. The molecule has 31 heavy (non-hydrogen) atoms. The summed E-state index contributed by atoms with van der Waals surface area (Å²) in [7, 11) is -1.76. The van der Waals surface area contributed by atoms with Crippen LogP contribution in [0.3, 0.4) is 0 Å². The Bertz CT molecular complexity index is 948. The first-order chi connectivity index (χ1) is 14.9. The van der Waals surface area contributed by atoms with Gasteiger partial charge in [-0.3, -0.25) is 4.79 Å². The van der Waals surface area contributed by atoms with Gasteiger partial charge in [0.2, 0.25) is 5.91 Å². The molecule has 0 spiro atoms. The Labute approximate surface area is 184 Å². The number of aromatic nitrogens is 2. The number of carbonyl (C=O) groups is 1. The zero-order valence-corrected chi connectivity index (χ0v) is 19.0. The number of imidazole rings is 1. The third-order valence-electron chi connectivity index (χ3n) is 5.60. The van der Waals surface area contributed by atoms with Crippen LogP contribution in [0, 0.1) is 6.92 Å². The van der Waals surface area contributed by atoms with Gasteiger partial charge in [-0.25, -0.2) is 13.4 Å². The number of rotatable bonds is 10. The zero-order valence-electron chi connectivity index (χ0n) is 18.2. The maximum atomic E-state index is 12.7. The predicted molar refractivity (Wildman–Crippen MR) is 117 cm³/mol. The van der Waals surface area contributed by atoms with Crippen molar-refractivity contribution >= 4 is 15.7 Å². The molecule has 1 aliphatic heterocycles. The Balaban J connectivity index is 1.53. The van der Waals surface area contributed by atoms with Crippen LogP contribution in [-0.4, -0.2) is 74.5 Å². The van der Waals surface area contributed by atoms with Crippen molar-refractivity contribution in [2.75, 3.05) is 45.8 Å². The number of amides is 1. The van der Waals surface area contributed by atoms with Crippen LogP contribution < -0.4 is 0 Å². The van der Waals surface area contributed by atoms with Crippen molar-refractivity contribution < 1.29 is 22.7 Å². The number of benzene rings is 1. The molecule has 1 aromatic carbocycles. The molecule has 2 aromatic rings. The lowest BCUT2D eigenvalue weighted by molar-refractivity contribution is -0.137. The van der Waals surface area contributed by atoms with Gasteiger partial charge in [0.1, 0.15) is 12.4 Å². The number of hydrogen-bond acceptors (Lipinski definition) is 6. The van der Waals surface area contributed by atoms with Gasteiger partial charge in [0.15, 0.2) is 9.84 Å². The molecular formula is C22H31N3O5S. The number of ether oxygens (including phenoxy) is 2. The highest BCUT2D eigenvalue weighted by molar-refractivity contribution is 7.91. The minimum Gasteiger partial charge on any atom is -0.382 e. The summed E-state index contributed by atoms with van der Waals surface area (Å²) in [5.74, 6) is 1.11. The van der Waals surface area contributed by atoms with Crippen LogP contribution in [-0.2, 0) is 30.7 Å². The Hall–Kier alpha value is -2.23. The molecule has 0 bridgehead atoms. The van der Waals surface area contributed by atoms with E-state index in [9.17, 15) is 13.2 Å². The molecule has 1 saturated heterocycles. The minimum atomic E-state index is -3.36. The Morgan fingerprint density at radius 3 is 2.55 bits per heavy atom. The summed E-state index contributed by atoms with van der Waals surface area (Å²) < 4.78 is 37.5. The molecule has 0 saturated carbocycles. The van der Waals surface area contributed by atoms with Gasteiger partial charge in [0.05, 0.1) is 23.9 Å². The average molecular weight is 450 g/mol. The van der Waals surface area contributed by atoms with E-state index >= 15 is 0 Å². The topological polar surface area (TPSA) is 90.7 Å². The quantitative estimate of drug-likeness (QED) is 0.516. The Morgan fingerprint density at radius 1 is 1.16 bits per heavy atom. The maximum Gasteiger partial charge on any atom is 0.248 e. The third-order valence-corrected chi connectivity index (χ3v) is 7.31. The van der Waals surface area contributed by atoms with Gasteiger partial charge in [-0.15, -0.1) is 0 Å². The Morgan fingerprint density at radius 2 is 1.87 bits per heavy atom. The number of likely N-dealkylation sites (tertiary alicyclic amines) is 1. The van der Waals surface area contributed by atoms with Gasteiger partial charge < -0.3 is 18.9 Å². The van der Waals surface area contributed by atoms with Crippen LogP contribution >= 0.6 is 0 Å². The highest BCUT2D eigenvalue weighted by Crippen LogP contribution is 2.27. The van der Waals surface area contributed by atoms with E-state index in [0.717, 1.165) is 24.2 Å². The normalized spacial score (nSPS) is 15.4. The van der Waals surface area contributed by atoms with Crippen LogP contribution in [0.5, 0.6) is 0 Å². The molecule has 0 radical (unpaired) electrons. The van der Waals surface area contributed by atoms with Crippen LogP contribution in [0.4, 0.5) is 0 Å². The van der Waals surface area contributed by atoms with Crippen molar-refractivity contribution in [3.05, 3.63) is 48.0 Å². The van der Waals surface area contributed by atoms with E-state index in [2.05, 4.69) is 4.98 Å². The predicted octanol–water partition coefficient (Wildman–Crippen LogP) is 2.03. The molecule has 3 rings (SSSR count). The summed E-state index contributed by atoms with van der Waals surface area (Å²) >= 11 is 0. The van der Waals surface area contributed by atoms with Crippen molar-refractivity contribution in [3.8, 4) is 0 Å². The highest BCUT2D eigenvalue weighted by Gasteiger charge is 2.27. The number of carbonyl (C=O) groups excluding carboxylic acids is 1. The van der Waals surface area contributed by atoms with E-state index in [-0.39, 0.29) is 24.2 Å². The van der Waals surface area contributed by atoms with Gasteiger partial charge >= 0.3 is 0 Å². The molecule has 0 aliphatic carbocycles. The molecule has 9 heteroatoms. The smallest absolute Gasteiger partial charge is 0.248 e. The number of hydrogen-bond donors (Lipinski definition) is 0. The second-order valence-electron chi connectivity index (χ2n) is 7.81. The van der Waals surface area contributed by atoms with E-state index in [1.54, 1.807) is 25.4 Å². The lowest BCUT2D eigenvalue weighted by Gasteiger charge is -2.32. The largest absolute Gasteiger partial charge is 0.382 e. The molecule has 170 valence electrons. The third kappa shape index (κ3) is 6.38. The average Bonchev–Trinajstić information content (AvgIpc) is 3.24.